The lowest BCUT2D eigenvalue weighted by atomic mass is 10.4. The fourth-order valence-corrected chi connectivity index (χ4v) is 0.306. The van der Waals surface area contributed by atoms with E-state index in [-0.39, 0.29) is 0 Å². The predicted molar refractivity (Wildman–Crippen MR) is 34.8 cm³/mol. The number of hydrogen-bond donors (Lipinski definition) is 1. The Hall–Kier alpha value is -0.960. The van der Waals surface area contributed by atoms with Crippen LogP contribution in [0.2, 0.25) is 0 Å². The summed E-state index contributed by atoms with van der Waals surface area (Å²) in [7, 11) is 1.47. The van der Waals surface area contributed by atoms with Crippen molar-refractivity contribution in [1.29, 1.82) is 0 Å². The molecule has 0 aliphatic rings. The topological polar surface area (TPSA) is 35.2 Å². The highest BCUT2D eigenvalue weighted by Gasteiger charge is 1.91. The zero-order valence-corrected chi connectivity index (χ0v) is 5.27. The van der Waals surface area contributed by atoms with Crippen molar-refractivity contribution in [2.45, 2.75) is 6.10 Å². The van der Waals surface area contributed by atoms with Crippen molar-refractivity contribution in [3.8, 4) is 17.8 Å². The Balaban J connectivity index is 3.72. The summed E-state index contributed by atoms with van der Waals surface area (Å²) in [5.41, 5.74) is 5.07. The summed E-state index contributed by atoms with van der Waals surface area (Å²) < 4.78 is 4.67. The maximum atomic E-state index is 6.62. The molecule has 0 bridgehead atoms. The minimum atomic E-state index is -0.520. The highest BCUT2D eigenvalue weighted by Crippen LogP contribution is 1.81. The number of ether oxygens (including phenoxy) is 1. The van der Waals surface area contributed by atoms with Gasteiger partial charge in [0.05, 0.1) is 6.54 Å². The molecule has 2 heteroatoms. The second-order valence-electron chi connectivity index (χ2n) is 1.29. The number of rotatable bonds is 1. The number of hydrogen-bond acceptors (Lipinski definition) is 2. The van der Waals surface area contributed by atoms with Gasteiger partial charge in [-0.1, -0.05) is 11.8 Å². The molecule has 0 aliphatic carbocycles. The van der Waals surface area contributed by atoms with Gasteiger partial charge >= 0.3 is 0 Å². The molecule has 0 aromatic heterocycles. The molecule has 0 heterocycles. The van der Waals surface area contributed by atoms with Gasteiger partial charge in [-0.05, 0) is 12.3 Å². The Bertz CT molecular complexity index is 158. The molecule has 0 fully saturated rings. The molecule has 0 rings (SSSR count). The van der Waals surface area contributed by atoms with Crippen molar-refractivity contribution in [2.24, 2.45) is 5.73 Å². The summed E-state index contributed by atoms with van der Waals surface area (Å²) in [6.45, 7) is 0.293. The van der Waals surface area contributed by atoms with Crippen molar-refractivity contribution in [3.05, 3.63) is 6.42 Å². The summed E-state index contributed by atoms with van der Waals surface area (Å²) in [4.78, 5) is 0. The van der Waals surface area contributed by atoms with Gasteiger partial charge < -0.3 is 10.5 Å². The molecule has 2 nitrogen and oxygen atoms in total. The van der Waals surface area contributed by atoms with Gasteiger partial charge in [-0.25, -0.2) is 0 Å². The molecule has 9 heavy (non-hydrogen) atoms. The molecule has 1 radical (unpaired) electrons. The molecular formula is C7H8NO. The lowest BCUT2D eigenvalue weighted by molar-refractivity contribution is 0.191. The van der Waals surface area contributed by atoms with Crippen LogP contribution in [0.4, 0.5) is 0 Å². The van der Waals surface area contributed by atoms with Crippen LogP contribution in [0.3, 0.4) is 0 Å². The molecule has 0 aromatic carbocycles. The second kappa shape index (κ2) is 5.18. The first-order valence-corrected chi connectivity index (χ1v) is 2.48. The van der Waals surface area contributed by atoms with Gasteiger partial charge in [0, 0.05) is 7.11 Å². The fraction of sp³-hybridized carbons (Fsp3) is 0.429. The molecule has 0 saturated carbocycles. The molecule has 0 spiro atoms. The van der Waals surface area contributed by atoms with E-state index in [0.717, 1.165) is 0 Å². The molecule has 47 valence electrons. The van der Waals surface area contributed by atoms with Crippen molar-refractivity contribution >= 4 is 0 Å². The summed E-state index contributed by atoms with van der Waals surface area (Å²) in [6.07, 6.45) is 6.10. The standard InChI is InChI=1S/C7H8NO/c1-3-7(9-2)5-4-6-8/h7H,6,8H2,2H3. The van der Waals surface area contributed by atoms with Crippen LogP contribution in [0.1, 0.15) is 0 Å². The van der Waals surface area contributed by atoms with Gasteiger partial charge in [-0.2, -0.15) is 0 Å². The molecule has 0 saturated heterocycles. The van der Waals surface area contributed by atoms with E-state index in [4.69, 9.17) is 12.2 Å². The number of nitrogens with two attached hydrogens (primary N) is 1. The van der Waals surface area contributed by atoms with Crippen LogP contribution in [0.5, 0.6) is 0 Å². The van der Waals surface area contributed by atoms with Crippen LogP contribution in [0, 0.1) is 24.2 Å². The first-order valence-electron chi connectivity index (χ1n) is 2.48. The van der Waals surface area contributed by atoms with Crippen LogP contribution in [-0.4, -0.2) is 19.8 Å². The summed E-state index contributed by atoms with van der Waals surface area (Å²) in [5, 5.41) is 0. The third kappa shape index (κ3) is 3.61. The molecular weight excluding hydrogens is 114 g/mol. The quantitative estimate of drug-likeness (QED) is 0.478. The average Bonchev–Trinajstić information content (AvgIpc) is 1.91. The molecule has 1 atom stereocenters. The minimum absolute atomic E-state index is 0.293. The van der Waals surface area contributed by atoms with E-state index in [1.54, 1.807) is 0 Å². The zero-order valence-electron chi connectivity index (χ0n) is 5.27. The lowest BCUT2D eigenvalue weighted by Gasteiger charge is -1.95. The lowest BCUT2D eigenvalue weighted by Crippen LogP contribution is -2.04. The van der Waals surface area contributed by atoms with Crippen LogP contribution in [0.25, 0.3) is 0 Å². The van der Waals surface area contributed by atoms with Crippen LogP contribution >= 0.6 is 0 Å². The van der Waals surface area contributed by atoms with Gasteiger partial charge in [-0.15, -0.1) is 0 Å². The van der Waals surface area contributed by atoms with E-state index >= 15 is 0 Å². The Morgan fingerprint density at radius 3 is 2.78 bits per heavy atom. The fourth-order valence-electron chi connectivity index (χ4n) is 0.306. The molecule has 1 unspecified atom stereocenters. The highest BCUT2D eigenvalue weighted by atomic mass is 16.5. The maximum absolute atomic E-state index is 6.62. The smallest absolute Gasteiger partial charge is 0.180 e. The summed E-state index contributed by atoms with van der Waals surface area (Å²) in [6, 6.07) is 0. The molecule has 0 aliphatic heterocycles. The van der Waals surface area contributed by atoms with Crippen molar-refractivity contribution in [1.82, 2.24) is 0 Å². The van der Waals surface area contributed by atoms with Gasteiger partial charge in [0.1, 0.15) is 0 Å². The van der Waals surface area contributed by atoms with Crippen LogP contribution in [-0.2, 0) is 4.74 Å². The zero-order chi connectivity index (χ0) is 7.11. The normalized spacial score (nSPS) is 10.8. The SMILES string of the molecule is [C]#CC(C#CCN)OC. The van der Waals surface area contributed by atoms with E-state index in [2.05, 4.69) is 22.5 Å². The second-order valence-corrected chi connectivity index (χ2v) is 1.29. The molecule has 0 amide bonds. The molecule has 0 aromatic rings. The monoisotopic (exact) mass is 122 g/mol. The molecule has 2 N–H and O–H groups in total. The van der Waals surface area contributed by atoms with E-state index in [0.29, 0.717) is 6.54 Å². The number of methoxy groups -OCH3 is 1. The van der Waals surface area contributed by atoms with E-state index in [1.807, 2.05) is 0 Å². The van der Waals surface area contributed by atoms with Gasteiger partial charge in [0.2, 0.25) is 0 Å². The van der Waals surface area contributed by atoms with Crippen molar-refractivity contribution in [2.75, 3.05) is 13.7 Å². The van der Waals surface area contributed by atoms with Crippen molar-refractivity contribution in [3.63, 3.8) is 0 Å². The van der Waals surface area contributed by atoms with Gasteiger partial charge in [-0.3, -0.25) is 0 Å². The first-order chi connectivity index (χ1) is 4.35. The highest BCUT2D eigenvalue weighted by molar-refractivity contribution is 5.15. The van der Waals surface area contributed by atoms with Crippen LogP contribution < -0.4 is 5.73 Å². The summed E-state index contributed by atoms with van der Waals surface area (Å²) in [5.74, 6) is 7.23. The minimum Gasteiger partial charge on any atom is -0.357 e. The third-order valence-electron chi connectivity index (χ3n) is 0.702. The first kappa shape index (κ1) is 8.04. The Morgan fingerprint density at radius 1 is 1.78 bits per heavy atom. The Kier molecular flexibility index (Phi) is 4.63. The van der Waals surface area contributed by atoms with Crippen LogP contribution in [0.15, 0.2) is 0 Å². The van der Waals surface area contributed by atoms with Gasteiger partial charge in [0.25, 0.3) is 0 Å². The average molecular weight is 122 g/mol. The maximum Gasteiger partial charge on any atom is 0.180 e. The van der Waals surface area contributed by atoms with E-state index in [9.17, 15) is 0 Å². The summed E-state index contributed by atoms with van der Waals surface area (Å²) >= 11 is 0. The van der Waals surface area contributed by atoms with Gasteiger partial charge in [0.15, 0.2) is 6.10 Å². The Morgan fingerprint density at radius 2 is 2.44 bits per heavy atom. The predicted octanol–water partition coefficient (Wildman–Crippen LogP) is -0.447. The van der Waals surface area contributed by atoms with Crippen molar-refractivity contribution < 1.29 is 4.74 Å². The van der Waals surface area contributed by atoms with E-state index < -0.39 is 6.10 Å². The third-order valence-corrected chi connectivity index (χ3v) is 0.702. The van der Waals surface area contributed by atoms with E-state index in [1.165, 1.54) is 7.11 Å². The Labute approximate surface area is 55.4 Å². The largest absolute Gasteiger partial charge is 0.357 e.